The first-order valence-electron chi connectivity index (χ1n) is 6.98. The van der Waals surface area contributed by atoms with Gasteiger partial charge in [-0.2, -0.15) is 0 Å². The predicted octanol–water partition coefficient (Wildman–Crippen LogP) is 3.25. The van der Waals surface area contributed by atoms with Gasteiger partial charge in [0.15, 0.2) is 0 Å². The Hall–Kier alpha value is -1.03. The number of halogens is 1. The van der Waals surface area contributed by atoms with Gasteiger partial charge < -0.3 is 10.5 Å². The van der Waals surface area contributed by atoms with E-state index in [4.69, 9.17) is 22.1 Å². The zero-order valence-electron chi connectivity index (χ0n) is 12.2. The third-order valence-corrected chi connectivity index (χ3v) is 4.08. The SMILES string of the molecule is C=C(C)COc1ccc(C2CC(CN)CN2C)cc1Cl. The van der Waals surface area contributed by atoms with E-state index in [2.05, 4.69) is 24.6 Å². The Bertz CT molecular complexity index is 489. The third kappa shape index (κ3) is 3.54. The highest BCUT2D eigenvalue weighted by molar-refractivity contribution is 6.32. The quantitative estimate of drug-likeness (QED) is 0.847. The Labute approximate surface area is 126 Å². The number of nitrogens with two attached hydrogens (primary N) is 1. The van der Waals surface area contributed by atoms with E-state index in [9.17, 15) is 0 Å². The van der Waals surface area contributed by atoms with Crippen LogP contribution in [0.15, 0.2) is 30.4 Å². The van der Waals surface area contributed by atoms with Gasteiger partial charge in [0.05, 0.1) is 5.02 Å². The van der Waals surface area contributed by atoms with Crippen LogP contribution in [-0.2, 0) is 0 Å². The Morgan fingerprint density at radius 1 is 1.55 bits per heavy atom. The topological polar surface area (TPSA) is 38.5 Å². The van der Waals surface area contributed by atoms with Crippen LogP contribution >= 0.6 is 11.6 Å². The molecule has 2 unspecified atom stereocenters. The predicted molar refractivity (Wildman–Crippen MR) is 84.3 cm³/mol. The highest BCUT2D eigenvalue weighted by Crippen LogP contribution is 2.36. The van der Waals surface area contributed by atoms with Gasteiger partial charge in [-0.05, 0) is 56.1 Å². The second kappa shape index (κ2) is 6.61. The summed E-state index contributed by atoms with van der Waals surface area (Å²) < 4.78 is 5.62. The van der Waals surface area contributed by atoms with Crippen molar-refractivity contribution in [3.63, 3.8) is 0 Å². The lowest BCUT2D eigenvalue weighted by Crippen LogP contribution is -2.20. The summed E-state index contributed by atoms with van der Waals surface area (Å²) in [5.74, 6) is 1.29. The number of hydrogen-bond donors (Lipinski definition) is 1. The van der Waals surface area contributed by atoms with E-state index in [-0.39, 0.29) is 0 Å². The Morgan fingerprint density at radius 2 is 2.30 bits per heavy atom. The molecular weight excluding hydrogens is 272 g/mol. The Kier molecular flexibility index (Phi) is 5.08. The minimum absolute atomic E-state index is 0.399. The molecule has 4 heteroatoms. The second-order valence-electron chi connectivity index (χ2n) is 5.73. The van der Waals surface area contributed by atoms with Gasteiger partial charge in [0, 0.05) is 12.6 Å². The average Bonchev–Trinajstić information content (AvgIpc) is 2.78. The van der Waals surface area contributed by atoms with Gasteiger partial charge >= 0.3 is 0 Å². The zero-order chi connectivity index (χ0) is 14.7. The van der Waals surface area contributed by atoms with Crippen LogP contribution in [0.2, 0.25) is 5.02 Å². The molecule has 2 atom stereocenters. The fourth-order valence-corrected chi connectivity index (χ4v) is 2.95. The third-order valence-electron chi connectivity index (χ3n) is 3.78. The first-order chi connectivity index (χ1) is 9.51. The lowest BCUT2D eigenvalue weighted by molar-refractivity contribution is 0.313. The minimum atomic E-state index is 0.399. The summed E-state index contributed by atoms with van der Waals surface area (Å²) in [6.07, 6.45) is 1.09. The molecule has 2 rings (SSSR count). The van der Waals surface area contributed by atoms with E-state index in [0.717, 1.165) is 30.8 Å². The van der Waals surface area contributed by atoms with Gasteiger partial charge in [-0.1, -0.05) is 24.2 Å². The maximum Gasteiger partial charge on any atom is 0.138 e. The van der Waals surface area contributed by atoms with Gasteiger partial charge in [-0.15, -0.1) is 0 Å². The summed E-state index contributed by atoms with van der Waals surface area (Å²) in [6.45, 7) is 8.05. The van der Waals surface area contributed by atoms with Gasteiger partial charge in [0.25, 0.3) is 0 Å². The Morgan fingerprint density at radius 3 is 2.85 bits per heavy atom. The van der Waals surface area contributed by atoms with E-state index in [1.165, 1.54) is 5.56 Å². The molecule has 0 aromatic heterocycles. The molecule has 0 aliphatic carbocycles. The second-order valence-corrected chi connectivity index (χ2v) is 6.14. The largest absolute Gasteiger partial charge is 0.488 e. The maximum absolute atomic E-state index is 6.31. The molecule has 0 spiro atoms. The molecule has 0 bridgehead atoms. The van der Waals surface area contributed by atoms with Crippen molar-refractivity contribution in [2.45, 2.75) is 19.4 Å². The molecule has 1 heterocycles. The molecule has 2 N–H and O–H groups in total. The van der Waals surface area contributed by atoms with Crippen LogP contribution in [-0.4, -0.2) is 31.6 Å². The molecule has 0 radical (unpaired) electrons. The molecule has 1 fully saturated rings. The van der Waals surface area contributed by atoms with Crippen molar-refractivity contribution < 1.29 is 4.74 Å². The van der Waals surface area contributed by atoms with Crippen LogP contribution in [0, 0.1) is 5.92 Å². The van der Waals surface area contributed by atoms with E-state index in [1.54, 1.807) is 0 Å². The smallest absolute Gasteiger partial charge is 0.138 e. The molecule has 1 aromatic carbocycles. The van der Waals surface area contributed by atoms with Crippen LogP contribution in [0.1, 0.15) is 24.9 Å². The first-order valence-corrected chi connectivity index (χ1v) is 7.36. The van der Waals surface area contributed by atoms with Gasteiger partial charge in [-0.25, -0.2) is 0 Å². The van der Waals surface area contributed by atoms with Crippen LogP contribution < -0.4 is 10.5 Å². The van der Waals surface area contributed by atoms with E-state index in [0.29, 0.717) is 23.6 Å². The fourth-order valence-electron chi connectivity index (χ4n) is 2.71. The average molecular weight is 295 g/mol. The van der Waals surface area contributed by atoms with Crippen molar-refractivity contribution >= 4 is 11.6 Å². The molecule has 1 saturated heterocycles. The van der Waals surface area contributed by atoms with Gasteiger partial charge in [0.1, 0.15) is 12.4 Å². The van der Waals surface area contributed by atoms with Crippen LogP contribution in [0.3, 0.4) is 0 Å². The molecule has 3 nitrogen and oxygen atoms in total. The van der Waals surface area contributed by atoms with Crippen molar-refractivity contribution in [2.24, 2.45) is 11.7 Å². The molecule has 1 aromatic rings. The molecule has 110 valence electrons. The summed E-state index contributed by atoms with van der Waals surface area (Å²) in [5.41, 5.74) is 7.99. The monoisotopic (exact) mass is 294 g/mol. The molecule has 1 aliphatic rings. The lowest BCUT2D eigenvalue weighted by Gasteiger charge is -2.20. The molecule has 0 amide bonds. The summed E-state index contributed by atoms with van der Waals surface area (Å²) in [5, 5.41) is 0.661. The Balaban J connectivity index is 2.10. The van der Waals surface area contributed by atoms with Gasteiger partial charge in [0.2, 0.25) is 0 Å². The molecule has 1 aliphatic heterocycles. The van der Waals surface area contributed by atoms with Crippen molar-refractivity contribution in [3.8, 4) is 5.75 Å². The lowest BCUT2D eigenvalue weighted by atomic mass is 10.00. The highest BCUT2D eigenvalue weighted by Gasteiger charge is 2.29. The molecule has 20 heavy (non-hydrogen) atoms. The normalized spacial score (nSPS) is 23.0. The van der Waals surface area contributed by atoms with E-state index in [1.807, 2.05) is 19.1 Å². The molecule has 0 saturated carbocycles. The van der Waals surface area contributed by atoms with Crippen molar-refractivity contribution in [2.75, 3.05) is 26.7 Å². The molecular formula is C16H23ClN2O. The summed E-state index contributed by atoms with van der Waals surface area (Å²) >= 11 is 6.31. The number of rotatable bonds is 5. The van der Waals surface area contributed by atoms with E-state index < -0.39 is 0 Å². The van der Waals surface area contributed by atoms with Crippen LogP contribution in [0.5, 0.6) is 5.75 Å². The van der Waals surface area contributed by atoms with E-state index >= 15 is 0 Å². The summed E-state index contributed by atoms with van der Waals surface area (Å²) in [6, 6.07) is 6.45. The van der Waals surface area contributed by atoms with Gasteiger partial charge in [-0.3, -0.25) is 4.90 Å². The maximum atomic E-state index is 6.31. The van der Waals surface area contributed by atoms with Crippen molar-refractivity contribution in [1.82, 2.24) is 4.90 Å². The van der Waals surface area contributed by atoms with Crippen LogP contribution in [0.4, 0.5) is 0 Å². The number of likely N-dealkylation sites (tertiary alicyclic amines) is 1. The number of nitrogens with zero attached hydrogens (tertiary/aromatic N) is 1. The number of ether oxygens (including phenoxy) is 1. The zero-order valence-corrected chi connectivity index (χ0v) is 13.0. The van der Waals surface area contributed by atoms with Crippen LogP contribution in [0.25, 0.3) is 0 Å². The highest BCUT2D eigenvalue weighted by atomic mass is 35.5. The fraction of sp³-hybridized carbons (Fsp3) is 0.500. The van der Waals surface area contributed by atoms with Crippen molar-refractivity contribution in [1.29, 1.82) is 0 Å². The standard InChI is InChI=1S/C16H23ClN2O/c1-11(2)10-20-16-5-4-13(7-14(16)17)15-6-12(8-18)9-19(15)3/h4-5,7,12,15H,1,6,8-10,18H2,2-3H3. The summed E-state index contributed by atoms with van der Waals surface area (Å²) in [4.78, 5) is 2.34. The number of benzene rings is 1. The minimum Gasteiger partial charge on any atom is -0.488 e. The first kappa shape index (κ1) is 15.4. The summed E-state index contributed by atoms with van der Waals surface area (Å²) in [7, 11) is 2.14. The van der Waals surface area contributed by atoms with Crippen molar-refractivity contribution in [3.05, 3.63) is 40.9 Å². The number of hydrogen-bond acceptors (Lipinski definition) is 3.